The van der Waals surface area contributed by atoms with E-state index in [2.05, 4.69) is 6.58 Å². The van der Waals surface area contributed by atoms with E-state index in [1.54, 1.807) is 6.08 Å². The Bertz CT molecular complexity index is 540. The third-order valence-corrected chi connectivity index (χ3v) is 2.80. The van der Waals surface area contributed by atoms with Gasteiger partial charge in [-0.05, 0) is 18.9 Å². The van der Waals surface area contributed by atoms with Gasteiger partial charge in [0.2, 0.25) is 0 Å². The number of allylic oxidation sites excluding steroid dienone is 1. The Labute approximate surface area is 103 Å². The van der Waals surface area contributed by atoms with Crippen molar-refractivity contribution in [2.24, 2.45) is 0 Å². The van der Waals surface area contributed by atoms with Gasteiger partial charge in [-0.25, -0.2) is 8.78 Å². The topological polar surface area (TPSA) is 37.4 Å². The summed E-state index contributed by atoms with van der Waals surface area (Å²) in [6, 6.07) is 1.67. The number of carbonyl (C=O) groups excluding carboxylic acids is 2. The summed E-state index contributed by atoms with van der Waals surface area (Å²) in [4.78, 5) is 24.5. The van der Waals surface area contributed by atoms with Crippen LogP contribution in [-0.2, 0) is 4.79 Å². The van der Waals surface area contributed by atoms with E-state index in [0.717, 1.165) is 12.1 Å². The number of Topliss-reactive ketones (excluding diaryl/α,β-unsaturated/α-hetero) is 1. The second kappa shape index (κ2) is 4.68. The minimum absolute atomic E-state index is 0.0718. The van der Waals surface area contributed by atoms with Crippen molar-refractivity contribution < 1.29 is 18.4 Å². The molecule has 1 aromatic rings. The first-order chi connectivity index (χ1) is 8.56. The van der Waals surface area contributed by atoms with Crippen molar-refractivity contribution in [3.63, 3.8) is 0 Å². The van der Waals surface area contributed by atoms with Crippen LogP contribution in [0, 0.1) is 11.6 Å². The molecule has 94 valence electrons. The number of hydrogen-bond donors (Lipinski definition) is 0. The minimum atomic E-state index is -1.12. The standard InChI is InChI=1S/C13H11F2NO2/c1-2-3-4-5-16-11-7-10(15)9(14)6-8(11)12(17)13(16)18/h2,6-7H,1,3-5H2. The van der Waals surface area contributed by atoms with Crippen LogP contribution < -0.4 is 4.90 Å². The van der Waals surface area contributed by atoms with Crippen molar-refractivity contribution in [3.8, 4) is 0 Å². The SMILES string of the molecule is C=CCCCN1C(=O)C(=O)c2cc(F)c(F)cc21. The van der Waals surface area contributed by atoms with Crippen molar-refractivity contribution >= 4 is 17.4 Å². The number of amides is 1. The number of hydrogen-bond acceptors (Lipinski definition) is 2. The van der Waals surface area contributed by atoms with Crippen LogP contribution in [0.4, 0.5) is 14.5 Å². The molecule has 3 nitrogen and oxygen atoms in total. The van der Waals surface area contributed by atoms with Gasteiger partial charge in [0, 0.05) is 12.6 Å². The highest BCUT2D eigenvalue weighted by Crippen LogP contribution is 2.31. The lowest BCUT2D eigenvalue weighted by atomic mass is 10.1. The highest BCUT2D eigenvalue weighted by Gasteiger charge is 2.36. The summed E-state index contributed by atoms with van der Waals surface area (Å²) in [6.45, 7) is 3.84. The molecule has 0 spiro atoms. The number of halogens is 2. The lowest BCUT2D eigenvalue weighted by Gasteiger charge is -2.15. The largest absolute Gasteiger partial charge is 0.305 e. The molecular formula is C13H11F2NO2. The Balaban J connectivity index is 2.35. The highest BCUT2D eigenvalue weighted by molar-refractivity contribution is 6.52. The molecule has 2 rings (SSSR count). The van der Waals surface area contributed by atoms with Crippen LogP contribution in [0.5, 0.6) is 0 Å². The van der Waals surface area contributed by atoms with Crippen LogP contribution in [0.1, 0.15) is 23.2 Å². The van der Waals surface area contributed by atoms with Gasteiger partial charge >= 0.3 is 0 Å². The summed E-state index contributed by atoms with van der Waals surface area (Å²) < 4.78 is 26.2. The van der Waals surface area contributed by atoms with E-state index in [0.29, 0.717) is 12.8 Å². The first-order valence-corrected chi connectivity index (χ1v) is 5.52. The normalized spacial score (nSPS) is 14.0. The number of benzene rings is 1. The Morgan fingerprint density at radius 3 is 2.56 bits per heavy atom. The van der Waals surface area contributed by atoms with Crippen molar-refractivity contribution in [2.45, 2.75) is 12.8 Å². The van der Waals surface area contributed by atoms with Gasteiger partial charge in [-0.15, -0.1) is 6.58 Å². The summed E-state index contributed by atoms with van der Waals surface area (Å²) >= 11 is 0. The van der Waals surface area contributed by atoms with E-state index in [4.69, 9.17) is 0 Å². The molecule has 0 atom stereocenters. The molecule has 5 heteroatoms. The molecule has 1 aliphatic heterocycles. The predicted molar refractivity (Wildman–Crippen MR) is 62.5 cm³/mol. The maximum Gasteiger partial charge on any atom is 0.299 e. The predicted octanol–water partition coefficient (Wildman–Crippen LogP) is 2.46. The number of ketones is 1. The van der Waals surface area contributed by atoms with Crippen LogP contribution in [-0.4, -0.2) is 18.2 Å². The van der Waals surface area contributed by atoms with E-state index < -0.39 is 23.3 Å². The second-order valence-electron chi connectivity index (χ2n) is 4.00. The fraction of sp³-hybridized carbons (Fsp3) is 0.231. The summed E-state index contributed by atoms with van der Waals surface area (Å²) in [7, 11) is 0. The van der Waals surface area contributed by atoms with E-state index >= 15 is 0 Å². The molecule has 0 saturated heterocycles. The Hall–Kier alpha value is -2.04. The van der Waals surface area contributed by atoms with Gasteiger partial charge in [0.1, 0.15) is 0 Å². The lowest BCUT2D eigenvalue weighted by molar-refractivity contribution is -0.114. The van der Waals surface area contributed by atoms with E-state index in [9.17, 15) is 18.4 Å². The number of nitrogens with zero attached hydrogens (tertiary/aromatic N) is 1. The first kappa shape index (κ1) is 12.4. The number of carbonyl (C=O) groups is 2. The Kier molecular flexibility index (Phi) is 3.23. The van der Waals surface area contributed by atoms with Crippen LogP contribution in [0.25, 0.3) is 0 Å². The van der Waals surface area contributed by atoms with Gasteiger partial charge in [0.25, 0.3) is 11.7 Å². The summed E-state index contributed by atoms with van der Waals surface area (Å²) in [5.41, 5.74) is 0.0745. The quantitative estimate of drug-likeness (QED) is 0.468. The van der Waals surface area contributed by atoms with Crippen LogP contribution in [0.15, 0.2) is 24.8 Å². The molecular weight excluding hydrogens is 240 g/mol. The number of fused-ring (bicyclic) bond motifs is 1. The molecule has 0 fully saturated rings. The van der Waals surface area contributed by atoms with Crippen molar-refractivity contribution in [1.82, 2.24) is 0 Å². The number of anilines is 1. The lowest BCUT2D eigenvalue weighted by Crippen LogP contribution is -2.30. The van der Waals surface area contributed by atoms with Gasteiger partial charge in [-0.1, -0.05) is 6.08 Å². The van der Waals surface area contributed by atoms with Crippen molar-refractivity contribution in [1.29, 1.82) is 0 Å². The van der Waals surface area contributed by atoms with Gasteiger partial charge < -0.3 is 4.90 Å². The monoisotopic (exact) mass is 251 g/mol. The second-order valence-corrected chi connectivity index (χ2v) is 4.00. The summed E-state index contributed by atoms with van der Waals surface area (Å²) in [5.74, 6) is -3.71. The number of unbranched alkanes of at least 4 members (excludes halogenated alkanes) is 1. The van der Waals surface area contributed by atoms with Gasteiger partial charge in [0.05, 0.1) is 11.3 Å². The van der Waals surface area contributed by atoms with Crippen LogP contribution >= 0.6 is 0 Å². The molecule has 0 radical (unpaired) electrons. The molecule has 0 aliphatic carbocycles. The molecule has 1 aromatic carbocycles. The molecule has 0 N–H and O–H groups in total. The Morgan fingerprint density at radius 2 is 1.89 bits per heavy atom. The van der Waals surface area contributed by atoms with E-state index in [1.165, 1.54) is 4.90 Å². The maximum absolute atomic E-state index is 13.1. The molecule has 18 heavy (non-hydrogen) atoms. The maximum atomic E-state index is 13.1. The zero-order valence-electron chi connectivity index (χ0n) is 9.58. The third-order valence-electron chi connectivity index (χ3n) is 2.80. The van der Waals surface area contributed by atoms with Crippen molar-refractivity contribution in [3.05, 3.63) is 42.0 Å². The smallest absolute Gasteiger partial charge is 0.299 e. The molecule has 0 aromatic heterocycles. The summed E-state index contributed by atoms with van der Waals surface area (Å²) in [5, 5.41) is 0. The molecule has 0 saturated carbocycles. The zero-order chi connectivity index (χ0) is 13.3. The van der Waals surface area contributed by atoms with Gasteiger partial charge in [-0.2, -0.15) is 0 Å². The number of rotatable bonds is 4. The highest BCUT2D eigenvalue weighted by atomic mass is 19.2. The minimum Gasteiger partial charge on any atom is -0.305 e. The zero-order valence-corrected chi connectivity index (χ0v) is 9.58. The van der Waals surface area contributed by atoms with Crippen LogP contribution in [0.3, 0.4) is 0 Å². The average molecular weight is 251 g/mol. The fourth-order valence-corrected chi connectivity index (χ4v) is 1.90. The molecule has 0 bridgehead atoms. The molecule has 1 amide bonds. The fourth-order valence-electron chi connectivity index (χ4n) is 1.90. The van der Waals surface area contributed by atoms with E-state index in [1.807, 2.05) is 0 Å². The Morgan fingerprint density at radius 1 is 1.22 bits per heavy atom. The van der Waals surface area contributed by atoms with Gasteiger partial charge in [0.15, 0.2) is 11.6 Å². The summed E-state index contributed by atoms with van der Waals surface area (Å²) in [6.07, 6.45) is 2.98. The van der Waals surface area contributed by atoms with E-state index in [-0.39, 0.29) is 17.8 Å². The molecule has 0 unspecified atom stereocenters. The molecule has 1 heterocycles. The average Bonchev–Trinajstić information content (AvgIpc) is 2.56. The van der Waals surface area contributed by atoms with Crippen molar-refractivity contribution in [2.75, 3.05) is 11.4 Å². The molecule has 1 aliphatic rings. The first-order valence-electron chi connectivity index (χ1n) is 5.52. The third kappa shape index (κ3) is 1.92. The van der Waals surface area contributed by atoms with Gasteiger partial charge in [-0.3, -0.25) is 9.59 Å². The van der Waals surface area contributed by atoms with Crippen LogP contribution in [0.2, 0.25) is 0 Å².